The van der Waals surface area contributed by atoms with E-state index in [1.807, 2.05) is 24.3 Å². The summed E-state index contributed by atoms with van der Waals surface area (Å²) in [5.41, 5.74) is 2.52. The molecule has 0 bridgehead atoms. The maximum absolute atomic E-state index is 13.9. The van der Waals surface area contributed by atoms with Crippen molar-refractivity contribution < 1.29 is 9.18 Å². The highest BCUT2D eigenvalue weighted by Gasteiger charge is 2.35. The molecule has 1 heterocycles. The average Bonchev–Trinajstić information content (AvgIpc) is 3.42. The molecule has 0 atom stereocenters. The lowest BCUT2D eigenvalue weighted by Gasteiger charge is -2.17. The van der Waals surface area contributed by atoms with Crippen molar-refractivity contribution in [2.24, 2.45) is 0 Å². The smallest absolute Gasteiger partial charge is 0.276 e. The molecule has 5 nitrogen and oxygen atoms in total. The van der Waals surface area contributed by atoms with E-state index in [0.717, 1.165) is 28.7 Å². The highest BCUT2D eigenvalue weighted by Crippen LogP contribution is 2.42. The van der Waals surface area contributed by atoms with E-state index < -0.39 is 0 Å². The molecule has 7 heteroatoms. The molecule has 0 spiro atoms. The van der Waals surface area contributed by atoms with E-state index >= 15 is 0 Å². The number of amides is 1. The van der Waals surface area contributed by atoms with Crippen LogP contribution in [0, 0.1) is 5.82 Å². The minimum Gasteiger partial charge on any atom is -0.336 e. The second kappa shape index (κ2) is 7.23. The molecule has 1 fully saturated rings. The highest BCUT2D eigenvalue weighted by molar-refractivity contribution is 9.10. The van der Waals surface area contributed by atoms with E-state index in [9.17, 15) is 9.18 Å². The molecule has 1 aromatic heterocycles. The van der Waals surface area contributed by atoms with Gasteiger partial charge >= 0.3 is 0 Å². The zero-order chi connectivity index (χ0) is 19.0. The van der Waals surface area contributed by atoms with Crippen molar-refractivity contribution in [2.75, 3.05) is 7.05 Å². The van der Waals surface area contributed by atoms with Gasteiger partial charge in [0, 0.05) is 29.5 Å². The number of halogens is 2. The fourth-order valence-corrected chi connectivity index (χ4v) is 3.34. The van der Waals surface area contributed by atoms with Gasteiger partial charge in [0.15, 0.2) is 5.69 Å². The summed E-state index contributed by atoms with van der Waals surface area (Å²) >= 11 is 3.43. The first-order chi connectivity index (χ1) is 13.0. The van der Waals surface area contributed by atoms with Crippen LogP contribution in [0.4, 0.5) is 4.39 Å². The van der Waals surface area contributed by atoms with Gasteiger partial charge in [0.05, 0.1) is 11.4 Å². The summed E-state index contributed by atoms with van der Waals surface area (Å²) in [6.45, 7) is 0.181. The maximum Gasteiger partial charge on any atom is 0.276 e. The number of benzene rings is 2. The summed E-state index contributed by atoms with van der Waals surface area (Å²) in [5.74, 6) is -0.286. The summed E-state index contributed by atoms with van der Waals surface area (Å²) in [7, 11) is 1.66. The molecule has 0 N–H and O–H groups in total. The van der Waals surface area contributed by atoms with Gasteiger partial charge in [0.25, 0.3) is 5.91 Å². The number of hydrogen-bond donors (Lipinski definition) is 0. The molecule has 0 radical (unpaired) electrons. The first-order valence-corrected chi connectivity index (χ1v) is 9.54. The first-order valence-electron chi connectivity index (χ1n) is 8.75. The fraction of sp³-hybridized carbons (Fsp3) is 0.250. The van der Waals surface area contributed by atoms with E-state index in [4.69, 9.17) is 0 Å². The Morgan fingerprint density at radius 3 is 2.59 bits per heavy atom. The largest absolute Gasteiger partial charge is 0.336 e. The molecule has 2 aromatic carbocycles. The van der Waals surface area contributed by atoms with Crippen molar-refractivity contribution in [2.45, 2.75) is 25.3 Å². The molecule has 138 valence electrons. The Balaban J connectivity index is 1.64. The third-order valence-corrected chi connectivity index (χ3v) is 5.18. The second-order valence-corrected chi connectivity index (χ2v) is 7.65. The molecule has 0 saturated heterocycles. The Hall–Kier alpha value is -2.54. The Kier molecular flexibility index (Phi) is 4.78. The van der Waals surface area contributed by atoms with Crippen molar-refractivity contribution in [3.05, 3.63) is 75.8 Å². The third kappa shape index (κ3) is 3.64. The lowest BCUT2D eigenvalue weighted by atomic mass is 10.1. The maximum atomic E-state index is 13.9. The summed E-state index contributed by atoms with van der Waals surface area (Å²) in [6, 6.07) is 14.2. The molecule has 1 aliphatic carbocycles. The van der Waals surface area contributed by atoms with Gasteiger partial charge in [-0.3, -0.25) is 4.79 Å². The molecule has 1 amide bonds. The molecule has 3 aromatic rings. The molecular weight excluding hydrogens is 411 g/mol. The topological polar surface area (TPSA) is 51.0 Å². The lowest BCUT2D eigenvalue weighted by molar-refractivity contribution is 0.0776. The number of carbonyl (C=O) groups excluding carboxylic acids is 1. The van der Waals surface area contributed by atoms with Gasteiger partial charge in [-0.15, -0.1) is 5.10 Å². The minimum atomic E-state index is -0.321. The van der Waals surface area contributed by atoms with Gasteiger partial charge < -0.3 is 4.90 Å². The second-order valence-electron chi connectivity index (χ2n) is 6.74. The standard InChI is InChI=1S/C20H18BrFN4O/c1-25(12-14-4-2-3-5-17(14)22)20(27)18-19(13-6-7-13)26(24-23-18)16-10-8-15(21)9-11-16/h2-5,8-11,13H,6-7,12H2,1H3. The number of rotatable bonds is 5. The number of aromatic nitrogens is 3. The fourth-order valence-electron chi connectivity index (χ4n) is 3.07. The van der Waals surface area contributed by atoms with Crippen LogP contribution in [0.15, 0.2) is 53.0 Å². The number of hydrogen-bond acceptors (Lipinski definition) is 3. The van der Waals surface area contributed by atoms with Gasteiger partial charge in [-0.05, 0) is 43.2 Å². The average molecular weight is 429 g/mol. The van der Waals surface area contributed by atoms with Crippen LogP contribution in [0.5, 0.6) is 0 Å². The Labute approximate surface area is 164 Å². The molecule has 4 rings (SSSR count). The molecule has 1 saturated carbocycles. The van der Waals surface area contributed by atoms with Crippen molar-refractivity contribution >= 4 is 21.8 Å². The Morgan fingerprint density at radius 1 is 1.22 bits per heavy atom. The van der Waals surface area contributed by atoms with E-state index in [2.05, 4.69) is 26.2 Å². The molecule has 27 heavy (non-hydrogen) atoms. The zero-order valence-electron chi connectivity index (χ0n) is 14.8. The highest BCUT2D eigenvalue weighted by atomic mass is 79.9. The summed E-state index contributed by atoms with van der Waals surface area (Å²) in [5, 5.41) is 8.41. The van der Waals surface area contributed by atoms with Crippen molar-refractivity contribution in [1.82, 2.24) is 19.9 Å². The van der Waals surface area contributed by atoms with Gasteiger partial charge in [-0.25, -0.2) is 9.07 Å². The summed E-state index contributed by atoms with van der Waals surface area (Å²) in [6.07, 6.45) is 2.03. The third-order valence-electron chi connectivity index (χ3n) is 4.65. The van der Waals surface area contributed by atoms with E-state index in [1.54, 1.807) is 29.9 Å². The summed E-state index contributed by atoms with van der Waals surface area (Å²) < 4.78 is 16.6. The normalized spacial score (nSPS) is 13.6. The molecule has 0 unspecified atom stereocenters. The zero-order valence-corrected chi connectivity index (χ0v) is 16.4. The van der Waals surface area contributed by atoms with Crippen LogP contribution >= 0.6 is 15.9 Å². The van der Waals surface area contributed by atoms with E-state index in [1.165, 1.54) is 11.0 Å². The van der Waals surface area contributed by atoms with Gasteiger partial charge in [-0.2, -0.15) is 0 Å². The lowest BCUT2D eigenvalue weighted by Crippen LogP contribution is -2.28. The minimum absolute atomic E-state index is 0.181. The number of nitrogens with zero attached hydrogens (tertiary/aromatic N) is 4. The van der Waals surface area contributed by atoms with Gasteiger partial charge in [-0.1, -0.05) is 39.3 Å². The van der Waals surface area contributed by atoms with Crippen LogP contribution in [-0.4, -0.2) is 32.8 Å². The van der Waals surface area contributed by atoms with Crippen LogP contribution in [0.2, 0.25) is 0 Å². The monoisotopic (exact) mass is 428 g/mol. The first kappa shape index (κ1) is 17.9. The SMILES string of the molecule is CN(Cc1ccccc1F)C(=O)c1nnn(-c2ccc(Br)cc2)c1C1CC1. The van der Waals surface area contributed by atoms with Gasteiger partial charge in [0.2, 0.25) is 0 Å². The number of carbonyl (C=O) groups is 1. The molecule has 1 aliphatic rings. The Bertz CT molecular complexity index is 982. The van der Waals surface area contributed by atoms with Crippen LogP contribution in [0.25, 0.3) is 5.69 Å². The van der Waals surface area contributed by atoms with Crippen molar-refractivity contribution in [3.8, 4) is 5.69 Å². The van der Waals surface area contributed by atoms with Crippen LogP contribution in [-0.2, 0) is 6.54 Å². The van der Waals surface area contributed by atoms with Crippen molar-refractivity contribution in [1.29, 1.82) is 0 Å². The quantitative estimate of drug-likeness (QED) is 0.607. The molecule has 0 aliphatic heterocycles. The van der Waals surface area contributed by atoms with Crippen LogP contribution in [0.1, 0.15) is 40.5 Å². The predicted molar refractivity (Wildman–Crippen MR) is 103 cm³/mol. The Morgan fingerprint density at radius 2 is 1.93 bits per heavy atom. The summed E-state index contributed by atoms with van der Waals surface area (Å²) in [4.78, 5) is 14.5. The van der Waals surface area contributed by atoms with Gasteiger partial charge in [0.1, 0.15) is 5.82 Å². The van der Waals surface area contributed by atoms with Crippen LogP contribution in [0.3, 0.4) is 0 Å². The van der Waals surface area contributed by atoms with E-state index in [-0.39, 0.29) is 24.2 Å². The van der Waals surface area contributed by atoms with Crippen molar-refractivity contribution in [3.63, 3.8) is 0 Å². The predicted octanol–water partition coefficient (Wildman–Crippen LogP) is 4.32. The van der Waals surface area contributed by atoms with Crippen LogP contribution < -0.4 is 0 Å². The molecular formula is C20H18BrFN4O. The van der Waals surface area contributed by atoms with E-state index in [0.29, 0.717) is 11.3 Å².